The van der Waals surface area contributed by atoms with Gasteiger partial charge in [0.25, 0.3) is 5.91 Å². The number of aromatic nitrogens is 5. The molecular formula is C20H25N7O3S. The van der Waals surface area contributed by atoms with E-state index >= 15 is 0 Å². The maximum absolute atomic E-state index is 13.4. The molecule has 2 unspecified atom stereocenters. The van der Waals surface area contributed by atoms with Gasteiger partial charge in [-0.1, -0.05) is 30.3 Å². The summed E-state index contributed by atoms with van der Waals surface area (Å²) in [5, 5.41) is 11.6. The molecule has 1 amide bonds. The van der Waals surface area contributed by atoms with Gasteiger partial charge in [-0.2, -0.15) is 10.2 Å². The van der Waals surface area contributed by atoms with Crippen molar-refractivity contribution in [2.45, 2.75) is 38.9 Å². The molecule has 10 nitrogen and oxygen atoms in total. The van der Waals surface area contributed by atoms with E-state index in [0.717, 1.165) is 11.8 Å². The van der Waals surface area contributed by atoms with Crippen LogP contribution < -0.4 is 4.72 Å². The molecule has 4 rings (SSSR count). The van der Waals surface area contributed by atoms with Gasteiger partial charge in [0.15, 0.2) is 5.82 Å². The zero-order valence-corrected chi connectivity index (χ0v) is 18.4. The fourth-order valence-corrected chi connectivity index (χ4v) is 4.67. The highest BCUT2D eigenvalue weighted by Gasteiger charge is 2.40. The molecule has 3 heterocycles. The van der Waals surface area contributed by atoms with E-state index in [0.29, 0.717) is 35.9 Å². The molecule has 1 aliphatic heterocycles. The number of benzene rings is 1. The molecule has 0 saturated carbocycles. The second-order valence-electron chi connectivity index (χ2n) is 7.69. The summed E-state index contributed by atoms with van der Waals surface area (Å²) in [6.45, 7) is 4.62. The van der Waals surface area contributed by atoms with E-state index in [-0.39, 0.29) is 12.5 Å². The van der Waals surface area contributed by atoms with Crippen LogP contribution >= 0.6 is 0 Å². The van der Waals surface area contributed by atoms with Crippen molar-refractivity contribution in [1.82, 2.24) is 34.6 Å². The Morgan fingerprint density at radius 3 is 2.68 bits per heavy atom. The monoisotopic (exact) mass is 443 g/mol. The Kier molecular flexibility index (Phi) is 5.63. The van der Waals surface area contributed by atoms with Gasteiger partial charge in [-0.25, -0.2) is 18.1 Å². The predicted octanol–water partition coefficient (Wildman–Crippen LogP) is 1.50. The first-order valence-corrected chi connectivity index (χ1v) is 11.9. The Morgan fingerprint density at radius 2 is 2.03 bits per heavy atom. The van der Waals surface area contributed by atoms with Crippen LogP contribution in [0, 0.1) is 6.92 Å². The lowest BCUT2D eigenvalue weighted by atomic mass is 10.1. The minimum atomic E-state index is -3.42. The van der Waals surface area contributed by atoms with Gasteiger partial charge in [0.2, 0.25) is 10.0 Å². The van der Waals surface area contributed by atoms with Crippen LogP contribution in [0.4, 0.5) is 0 Å². The molecule has 2 aromatic heterocycles. The summed E-state index contributed by atoms with van der Waals surface area (Å²) in [5.41, 5.74) is 1.98. The number of nitrogens with one attached hydrogen (secondary N) is 2. The van der Waals surface area contributed by atoms with E-state index in [1.54, 1.807) is 22.7 Å². The van der Waals surface area contributed by atoms with Gasteiger partial charge in [0, 0.05) is 30.9 Å². The molecule has 0 bridgehead atoms. The number of sulfonamides is 1. The molecule has 1 fully saturated rings. The molecule has 0 aliphatic carbocycles. The molecule has 31 heavy (non-hydrogen) atoms. The van der Waals surface area contributed by atoms with E-state index in [1.165, 1.54) is 0 Å². The first-order chi connectivity index (χ1) is 14.7. The van der Waals surface area contributed by atoms with Gasteiger partial charge in [0.05, 0.1) is 23.6 Å². The van der Waals surface area contributed by atoms with Crippen LogP contribution in [0.3, 0.4) is 0 Å². The van der Waals surface area contributed by atoms with Gasteiger partial charge >= 0.3 is 0 Å². The Bertz CT molecular complexity index is 1190. The molecule has 2 N–H and O–H groups in total. The van der Waals surface area contributed by atoms with Crippen LogP contribution in [0.5, 0.6) is 0 Å². The maximum Gasteiger partial charge on any atom is 0.257 e. The van der Waals surface area contributed by atoms with E-state index in [1.807, 2.05) is 37.3 Å². The first-order valence-electron chi connectivity index (χ1n) is 10.0. The quantitative estimate of drug-likeness (QED) is 0.595. The number of aryl methyl sites for hydroxylation is 2. The topological polar surface area (TPSA) is 126 Å². The SMILES string of the molecule is CCn1cc(C(=O)N2CC(NS(C)(=O)=O)CC2c2nc(-c3ccccc3)n[nH]2)c(C)n1. The van der Waals surface area contributed by atoms with Gasteiger partial charge < -0.3 is 4.90 Å². The third-order valence-electron chi connectivity index (χ3n) is 5.29. The molecule has 164 valence electrons. The molecule has 1 aromatic carbocycles. The van der Waals surface area contributed by atoms with Crippen molar-refractivity contribution >= 4 is 15.9 Å². The van der Waals surface area contributed by atoms with Crippen molar-refractivity contribution in [2.24, 2.45) is 0 Å². The summed E-state index contributed by atoms with van der Waals surface area (Å²) in [6.07, 6.45) is 3.23. The highest BCUT2D eigenvalue weighted by atomic mass is 32.2. The largest absolute Gasteiger partial charge is 0.327 e. The van der Waals surface area contributed by atoms with Crippen LogP contribution in [-0.4, -0.2) is 63.0 Å². The fraction of sp³-hybridized carbons (Fsp3) is 0.400. The van der Waals surface area contributed by atoms with E-state index in [4.69, 9.17) is 0 Å². The number of hydrogen-bond acceptors (Lipinski definition) is 6. The summed E-state index contributed by atoms with van der Waals surface area (Å²) in [6, 6.07) is 8.65. The van der Waals surface area contributed by atoms with E-state index in [9.17, 15) is 13.2 Å². The van der Waals surface area contributed by atoms with Gasteiger partial charge in [-0.3, -0.25) is 14.6 Å². The second-order valence-corrected chi connectivity index (χ2v) is 9.47. The third-order valence-corrected chi connectivity index (χ3v) is 6.06. The number of nitrogens with zero attached hydrogens (tertiary/aromatic N) is 5. The Labute approximate surface area is 180 Å². The maximum atomic E-state index is 13.4. The molecule has 1 aliphatic rings. The van der Waals surface area contributed by atoms with Crippen LogP contribution in [0.2, 0.25) is 0 Å². The standard InChI is InChI=1S/C20H25N7O3S/c1-4-26-12-16(13(2)24-26)20(28)27-11-15(25-31(3,29)30)10-17(27)19-21-18(22-23-19)14-8-6-5-7-9-14/h5-9,12,15,17,25H,4,10-11H2,1-3H3,(H,21,22,23). The smallest absolute Gasteiger partial charge is 0.257 e. The molecule has 2 atom stereocenters. The number of carbonyl (C=O) groups excluding carboxylic acids is 1. The van der Waals surface area contributed by atoms with E-state index in [2.05, 4.69) is 25.0 Å². The Hall–Kier alpha value is -3.05. The number of rotatable bonds is 6. The number of amides is 1. The third kappa shape index (κ3) is 4.52. The minimum absolute atomic E-state index is 0.210. The lowest BCUT2D eigenvalue weighted by Crippen LogP contribution is -2.38. The lowest BCUT2D eigenvalue weighted by molar-refractivity contribution is 0.0727. The Morgan fingerprint density at radius 1 is 1.29 bits per heavy atom. The number of aromatic amines is 1. The average molecular weight is 444 g/mol. The molecule has 0 radical (unpaired) electrons. The molecule has 11 heteroatoms. The zero-order valence-electron chi connectivity index (χ0n) is 17.6. The Balaban J connectivity index is 1.66. The van der Waals surface area contributed by atoms with Crippen LogP contribution in [-0.2, 0) is 16.6 Å². The number of hydrogen-bond donors (Lipinski definition) is 2. The van der Waals surface area contributed by atoms with Crippen LogP contribution in [0.25, 0.3) is 11.4 Å². The minimum Gasteiger partial charge on any atom is -0.327 e. The van der Waals surface area contributed by atoms with Crippen molar-refractivity contribution in [1.29, 1.82) is 0 Å². The van der Waals surface area contributed by atoms with Crippen molar-refractivity contribution < 1.29 is 13.2 Å². The molecule has 1 saturated heterocycles. The number of carbonyl (C=O) groups is 1. The summed E-state index contributed by atoms with van der Waals surface area (Å²) in [4.78, 5) is 19.6. The van der Waals surface area contributed by atoms with Gasteiger partial charge in [0.1, 0.15) is 5.82 Å². The highest BCUT2D eigenvalue weighted by Crippen LogP contribution is 2.33. The number of H-pyrrole nitrogens is 1. The van der Waals surface area contributed by atoms with Crippen molar-refractivity contribution in [3.05, 3.63) is 53.6 Å². The van der Waals surface area contributed by atoms with Crippen molar-refractivity contribution in [3.8, 4) is 11.4 Å². The first kappa shape index (κ1) is 21.2. The van der Waals surface area contributed by atoms with E-state index < -0.39 is 22.1 Å². The van der Waals surface area contributed by atoms with Gasteiger partial charge in [-0.15, -0.1) is 0 Å². The molecule has 0 spiro atoms. The van der Waals surface area contributed by atoms with Crippen molar-refractivity contribution in [3.63, 3.8) is 0 Å². The van der Waals surface area contributed by atoms with Crippen LogP contribution in [0.1, 0.15) is 41.3 Å². The lowest BCUT2D eigenvalue weighted by Gasteiger charge is -2.22. The number of likely N-dealkylation sites (tertiary alicyclic amines) is 1. The predicted molar refractivity (Wildman–Crippen MR) is 115 cm³/mol. The average Bonchev–Trinajstić information content (AvgIpc) is 3.45. The normalized spacial score (nSPS) is 19.1. The summed E-state index contributed by atoms with van der Waals surface area (Å²) in [7, 11) is -3.42. The molecular weight excluding hydrogens is 418 g/mol. The summed E-state index contributed by atoms with van der Waals surface area (Å²) < 4.78 is 27.9. The van der Waals surface area contributed by atoms with Crippen LogP contribution in [0.15, 0.2) is 36.5 Å². The summed E-state index contributed by atoms with van der Waals surface area (Å²) >= 11 is 0. The van der Waals surface area contributed by atoms with Crippen molar-refractivity contribution in [2.75, 3.05) is 12.8 Å². The zero-order chi connectivity index (χ0) is 22.2. The van der Waals surface area contributed by atoms with Gasteiger partial charge in [-0.05, 0) is 20.3 Å². The highest BCUT2D eigenvalue weighted by molar-refractivity contribution is 7.88. The summed E-state index contributed by atoms with van der Waals surface area (Å²) in [5.74, 6) is 0.834. The fourth-order valence-electron chi connectivity index (χ4n) is 3.89. The second kappa shape index (κ2) is 8.23. The molecule has 3 aromatic rings.